The van der Waals surface area contributed by atoms with Crippen molar-refractivity contribution in [3.8, 4) is 0 Å². The van der Waals surface area contributed by atoms with Crippen LogP contribution in [-0.4, -0.2) is 52.1 Å². The molecule has 15 heavy (non-hydrogen) atoms. The van der Waals surface area contributed by atoms with Crippen molar-refractivity contribution in [2.45, 2.75) is 6.10 Å². The van der Waals surface area contributed by atoms with Gasteiger partial charge in [0.2, 0.25) is 0 Å². The number of ether oxygens (including phenoxy) is 3. The third kappa shape index (κ3) is 3.77. The van der Waals surface area contributed by atoms with E-state index >= 15 is 0 Å². The smallest absolute Gasteiger partial charge is 0.319 e. The first-order valence-corrected chi connectivity index (χ1v) is 4.19. The van der Waals surface area contributed by atoms with Gasteiger partial charge in [-0.15, -0.1) is 0 Å². The molecule has 86 valence electrons. The molecule has 0 aliphatic heterocycles. The van der Waals surface area contributed by atoms with Crippen molar-refractivity contribution in [2.24, 2.45) is 5.92 Å². The summed E-state index contributed by atoms with van der Waals surface area (Å²) in [5.41, 5.74) is 0. The third-order valence-corrected chi connectivity index (χ3v) is 1.80. The zero-order valence-corrected chi connectivity index (χ0v) is 8.89. The normalized spacial score (nSPS) is 14.1. The Morgan fingerprint density at radius 3 is 2.20 bits per heavy atom. The minimum Gasteiger partial charge on any atom is -0.468 e. The highest BCUT2D eigenvalue weighted by Crippen LogP contribution is 2.08. The zero-order chi connectivity index (χ0) is 11.8. The van der Waals surface area contributed by atoms with Crippen LogP contribution in [0.5, 0.6) is 0 Å². The first kappa shape index (κ1) is 13.7. The van der Waals surface area contributed by atoms with Crippen molar-refractivity contribution in [2.75, 3.05) is 27.9 Å². The van der Waals surface area contributed by atoms with Gasteiger partial charge in [-0.2, -0.15) is 0 Å². The van der Waals surface area contributed by atoms with Crippen LogP contribution in [0.3, 0.4) is 0 Å². The molecule has 0 amide bonds. The predicted molar refractivity (Wildman–Crippen MR) is 49.3 cm³/mol. The molecule has 2 atom stereocenters. The molecule has 0 radical (unpaired) electrons. The number of ketones is 1. The number of rotatable bonds is 7. The molecule has 6 heteroatoms. The van der Waals surface area contributed by atoms with E-state index in [0.29, 0.717) is 6.29 Å². The lowest BCUT2D eigenvalue weighted by atomic mass is 10.0. The molecule has 0 fully saturated rings. The number of methoxy groups -OCH3 is 3. The van der Waals surface area contributed by atoms with Gasteiger partial charge < -0.3 is 19.0 Å². The quantitative estimate of drug-likeness (QED) is 0.316. The molecule has 6 nitrogen and oxygen atoms in total. The number of aldehydes is 1. The Bertz CT molecular complexity index is 237. The Morgan fingerprint density at radius 2 is 1.87 bits per heavy atom. The molecule has 0 rings (SSSR count). The highest BCUT2D eigenvalue weighted by Gasteiger charge is 2.34. The van der Waals surface area contributed by atoms with Gasteiger partial charge >= 0.3 is 5.97 Å². The van der Waals surface area contributed by atoms with Gasteiger partial charge in [0.25, 0.3) is 0 Å². The summed E-state index contributed by atoms with van der Waals surface area (Å²) in [6, 6.07) is 0. The SMILES string of the molecule is COCC(=O)C(OC)C(C=O)C(=O)OC. The standard InChI is InChI=1S/C9H14O6/c1-13-5-7(11)8(14-2)6(4-10)9(12)15-3/h4,6,8H,5H2,1-3H3. The minimum absolute atomic E-state index is 0.222. The monoisotopic (exact) mass is 218 g/mol. The van der Waals surface area contributed by atoms with E-state index in [4.69, 9.17) is 4.74 Å². The van der Waals surface area contributed by atoms with Gasteiger partial charge in [-0.25, -0.2) is 0 Å². The number of carbonyl (C=O) groups is 3. The summed E-state index contributed by atoms with van der Waals surface area (Å²) in [5.74, 6) is -2.54. The number of esters is 1. The number of hydrogen-bond acceptors (Lipinski definition) is 6. The van der Waals surface area contributed by atoms with Crippen LogP contribution in [0.15, 0.2) is 0 Å². The van der Waals surface area contributed by atoms with Gasteiger partial charge in [0.05, 0.1) is 7.11 Å². The summed E-state index contributed by atoms with van der Waals surface area (Å²) in [6.07, 6.45) is -0.831. The molecule has 0 N–H and O–H groups in total. The summed E-state index contributed by atoms with van der Waals surface area (Å²) >= 11 is 0. The summed E-state index contributed by atoms with van der Waals surface area (Å²) in [7, 11) is 3.70. The molecule has 0 heterocycles. The van der Waals surface area contributed by atoms with Crippen LogP contribution in [0.2, 0.25) is 0 Å². The predicted octanol–water partition coefficient (Wildman–Crippen LogP) is -0.795. The van der Waals surface area contributed by atoms with E-state index in [1.807, 2.05) is 0 Å². The Hall–Kier alpha value is -1.27. The maximum absolute atomic E-state index is 11.4. The van der Waals surface area contributed by atoms with Gasteiger partial charge in [-0.1, -0.05) is 0 Å². The summed E-state index contributed by atoms with van der Waals surface area (Å²) in [5, 5.41) is 0. The summed E-state index contributed by atoms with van der Waals surface area (Å²) in [6.45, 7) is -0.222. The first-order chi connectivity index (χ1) is 7.12. The van der Waals surface area contributed by atoms with Crippen LogP contribution in [0, 0.1) is 5.92 Å². The van der Waals surface area contributed by atoms with Crippen LogP contribution >= 0.6 is 0 Å². The Labute approximate surface area is 87.5 Å². The lowest BCUT2D eigenvalue weighted by Gasteiger charge is -2.17. The summed E-state index contributed by atoms with van der Waals surface area (Å²) in [4.78, 5) is 33.1. The highest BCUT2D eigenvalue weighted by molar-refractivity contribution is 5.97. The molecular weight excluding hydrogens is 204 g/mol. The average molecular weight is 218 g/mol. The maximum atomic E-state index is 11.4. The largest absolute Gasteiger partial charge is 0.468 e. The van der Waals surface area contributed by atoms with Crippen LogP contribution in [-0.2, 0) is 28.6 Å². The number of hydrogen-bond donors (Lipinski definition) is 0. The van der Waals surface area contributed by atoms with E-state index < -0.39 is 23.8 Å². The summed E-state index contributed by atoms with van der Waals surface area (Å²) < 4.78 is 13.7. The molecule has 0 spiro atoms. The molecule has 0 aliphatic rings. The number of carbonyl (C=O) groups excluding carboxylic acids is 3. The molecule has 0 saturated carbocycles. The second-order valence-electron chi connectivity index (χ2n) is 2.74. The molecular formula is C9H14O6. The van der Waals surface area contributed by atoms with E-state index in [2.05, 4.69) is 9.47 Å². The Morgan fingerprint density at radius 1 is 1.27 bits per heavy atom. The fraction of sp³-hybridized carbons (Fsp3) is 0.667. The van der Waals surface area contributed by atoms with Crippen molar-refractivity contribution in [3.05, 3.63) is 0 Å². The van der Waals surface area contributed by atoms with Crippen LogP contribution in [0.4, 0.5) is 0 Å². The topological polar surface area (TPSA) is 78.9 Å². The highest BCUT2D eigenvalue weighted by atomic mass is 16.5. The second-order valence-corrected chi connectivity index (χ2v) is 2.74. The van der Waals surface area contributed by atoms with Gasteiger partial charge in [0, 0.05) is 14.2 Å². The second kappa shape index (κ2) is 7.08. The van der Waals surface area contributed by atoms with Crippen molar-refractivity contribution in [1.29, 1.82) is 0 Å². The molecule has 0 aliphatic carbocycles. The van der Waals surface area contributed by atoms with Gasteiger partial charge in [0.1, 0.15) is 24.9 Å². The first-order valence-electron chi connectivity index (χ1n) is 4.19. The van der Waals surface area contributed by atoms with E-state index in [9.17, 15) is 14.4 Å². The van der Waals surface area contributed by atoms with Crippen molar-refractivity contribution in [1.82, 2.24) is 0 Å². The van der Waals surface area contributed by atoms with Crippen LogP contribution < -0.4 is 0 Å². The van der Waals surface area contributed by atoms with E-state index in [0.717, 1.165) is 7.11 Å². The molecule has 2 unspecified atom stereocenters. The molecule has 0 aromatic rings. The molecule has 0 saturated heterocycles. The lowest BCUT2D eigenvalue weighted by molar-refractivity contribution is -0.157. The molecule has 0 bridgehead atoms. The lowest BCUT2D eigenvalue weighted by Crippen LogP contribution is -2.39. The Kier molecular flexibility index (Phi) is 6.48. The molecule has 0 aromatic carbocycles. The van der Waals surface area contributed by atoms with Crippen molar-refractivity contribution < 1.29 is 28.6 Å². The van der Waals surface area contributed by atoms with Crippen LogP contribution in [0.1, 0.15) is 0 Å². The maximum Gasteiger partial charge on any atom is 0.319 e. The van der Waals surface area contributed by atoms with E-state index in [1.165, 1.54) is 14.2 Å². The van der Waals surface area contributed by atoms with Gasteiger partial charge in [-0.3, -0.25) is 9.59 Å². The minimum atomic E-state index is -1.25. The third-order valence-electron chi connectivity index (χ3n) is 1.80. The van der Waals surface area contributed by atoms with Gasteiger partial charge in [0.15, 0.2) is 5.78 Å². The number of Topliss-reactive ketones (excluding diaryl/α,β-unsaturated/α-hetero) is 1. The van der Waals surface area contributed by atoms with Crippen molar-refractivity contribution >= 4 is 18.0 Å². The van der Waals surface area contributed by atoms with Gasteiger partial charge in [-0.05, 0) is 0 Å². The Balaban J connectivity index is 4.67. The zero-order valence-electron chi connectivity index (χ0n) is 8.89. The molecule has 0 aromatic heterocycles. The average Bonchev–Trinajstić information content (AvgIpc) is 2.24. The fourth-order valence-corrected chi connectivity index (χ4v) is 1.09. The van der Waals surface area contributed by atoms with Crippen LogP contribution in [0.25, 0.3) is 0 Å². The van der Waals surface area contributed by atoms with Crippen molar-refractivity contribution in [3.63, 3.8) is 0 Å². The van der Waals surface area contributed by atoms with E-state index in [-0.39, 0.29) is 6.61 Å². The fourth-order valence-electron chi connectivity index (χ4n) is 1.09. The van der Waals surface area contributed by atoms with E-state index in [1.54, 1.807) is 0 Å².